The Labute approximate surface area is 116 Å². The second-order valence-corrected chi connectivity index (χ2v) is 5.37. The van der Waals surface area contributed by atoms with Crippen LogP contribution in [0.2, 0.25) is 10.2 Å². The number of aryl methyl sites for hydroxylation is 1. The summed E-state index contributed by atoms with van der Waals surface area (Å²) in [7, 11) is 0. The Morgan fingerprint density at radius 1 is 1.17 bits per heavy atom. The molecule has 0 saturated heterocycles. The molecule has 0 atom stereocenters. The lowest BCUT2D eigenvalue weighted by atomic mass is 10.0. The van der Waals surface area contributed by atoms with Crippen LogP contribution < -0.4 is 0 Å². The quantitative estimate of drug-likeness (QED) is 0.789. The first kappa shape index (κ1) is 12.0. The summed E-state index contributed by atoms with van der Waals surface area (Å²) < 4.78 is 2.17. The van der Waals surface area contributed by atoms with Gasteiger partial charge in [0.2, 0.25) is 0 Å². The number of rotatable bonds is 2. The molecule has 0 N–H and O–H groups in total. The third-order valence-corrected chi connectivity index (χ3v) is 3.91. The van der Waals surface area contributed by atoms with Gasteiger partial charge in [-0.25, -0.2) is 9.97 Å². The normalized spacial score (nSPS) is 14.6. The highest BCUT2D eigenvalue weighted by molar-refractivity contribution is 6.34. The molecule has 0 unspecified atom stereocenters. The van der Waals surface area contributed by atoms with Crippen LogP contribution in [0.3, 0.4) is 0 Å². The number of aromatic nitrogens is 3. The zero-order valence-corrected chi connectivity index (χ0v) is 11.4. The molecule has 0 radical (unpaired) electrons. The minimum absolute atomic E-state index is 0.427. The van der Waals surface area contributed by atoms with Crippen molar-refractivity contribution in [2.75, 3.05) is 0 Å². The fraction of sp³-hybridized carbons (Fsp3) is 0.385. The number of hydrogen-bond acceptors (Lipinski definition) is 2. The number of pyridine rings is 1. The predicted octanol–water partition coefficient (Wildman–Crippen LogP) is 3.51. The molecule has 2 heterocycles. The van der Waals surface area contributed by atoms with Gasteiger partial charge >= 0.3 is 0 Å². The van der Waals surface area contributed by atoms with Gasteiger partial charge in [0.25, 0.3) is 0 Å². The molecule has 0 amide bonds. The SMILES string of the molecule is Clc1cc(Cl)c(Cn2cnc3c2CCCC3)cn1. The molecule has 1 aliphatic rings. The van der Waals surface area contributed by atoms with Crippen molar-refractivity contribution in [1.29, 1.82) is 0 Å². The van der Waals surface area contributed by atoms with E-state index in [1.165, 1.54) is 24.2 Å². The van der Waals surface area contributed by atoms with E-state index in [2.05, 4.69) is 14.5 Å². The topological polar surface area (TPSA) is 30.7 Å². The van der Waals surface area contributed by atoms with E-state index >= 15 is 0 Å². The number of halogens is 2. The maximum absolute atomic E-state index is 6.17. The molecule has 3 rings (SSSR count). The molecule has 0 bridgehead atoms. The summed E-state index contributed by atoms with van der Waals surface area (Å²) in [5, 5.41) is 1.09. The molecule has 0 saturated carbocycles. The van der Waals surface area contributed by atoms with Gasteiger partial charge in [0.1, 0.15) is 5.15 Å². The molecule has 3 nitrogen and oxygen atoms in total. The van der Waals surface area contributed by atoms with Crippen LogP contribution in [0.1, 0.15) is 29.8 Å². The first-order valence-electron chi connectivity index (χ1n) is 6.07. The average molecular weight is 282 g/mol. The second-order valence-electron chi connectivity index (χ2n) is 4.57. The van der Waals surface area contributed by atoms with E-state index in [1.54, 1.807) is 12.3 Å². The van der Waals surface area contributed by atoms with Crippen molar-refractivity contribution in [3.63, 3.8) is 0 Å². The van der Waals surface area contributed by atoms with Crippen molar-refractivity contribution in [2.24, 2.45) is 0 Å². The molecule has 2 aromatic heterocycles. The van der Waals surface area contributed by atoms with Gasteiger partial charge in [-0.15, -0.1) is 0 Å². The Hall–Kier alpha value is -1.06. The van der Waals surface area contributed by atoms with Crippen LogP contribution in [0.25, 0.3) is 0 Å². The highest BCUT2D eigenvalue weighted by Gasteiger charge is 2.15. The van der Waals surface area contributed by atoms with Crippen LogP contribution >= 0.6 is 23.2 Å². The largest absolute Gasteiger partial charge is 0.330 e. The van der Waals surface area contributed by atoms with Crippen LogP contribution in [-0.4, -0.2) is 14.5 Å². The molecular weight excluding hydrogens is 269 g/mol. The molecule has 0 fully saturated rings. The van der Waals surface area contributed by atoms with Gasteiger partial charge in [-0.1, -0.05) is 23.2 Å². The van der Waals surface area contributed by atoms with Crippen LogP contribution in [-0.2, 0) is 19.4 Å². The minimum Gasteiger partial charge on any atom is -0.330 e. The third kappa shape index (κ3) is 2.25. The Bertz CT molecular complexity index is 578. The maximum atomic E-state index is 6.17. The summed E-state index contributed by atoms with van der Waals surface area (Å²) in [5.41, 5.74) is 3.55. The van der Waals surface area contributed by atoms with E-state index in [-0.39, 0.29) is 0 Å². The Morgan fingerprint density at radius 3 is 2.83 bits per heavy atom. The average Bonchev–Trinajstić information content (AvgIpc) is 2.76. The molecule has 18 heavy (non-hydrogen) atoms. The Morgan fingerprint density at radius 2 is 2.00 bits per heavy atom. The Balaban J connectivity index is 1.90. The molecule has 0 spiro atoms. The fourth-order valence-corrected chi connectivity index (χ4v) is 2.83. The summed E-state index contributed by atoms with van der Waals surface area (Å²) >= 11 is 12.0. The third-order valence-electron chi connectivity index (χ3n) is 3.35. The lowest BCUT2D eigenvalue weighted by molar-refractivity contribution is 0.628. The smallest absolute Gasteiger partial charge is 0.130 e. The molecule has 0 aliphatic heterocycles. The van der Waals surface area contributed by atoms with Gasteiger partial charge in [-0.2, -0.15) is 0 Å². The van der Waals surface area contributed by atoms with E-state index in [0.717, 1.165) is 18.4 Å². The van der Waals surface area contributed by atoms with Crippen molar-refractivity contribution in [1.82, 2.24) is 14.5 Å². The maximum Gasteiger partial charge on any atom is 0.130 e. The zero-order valence-electron chi connectivity index (χ0n) is 9.87. The number of fused-ring (bicyclic) bond motifs is 1. The standard InChI is InChI=1S/C13H13Cl2N3/c14-10-5-13(15)16-6-9(10)7-18-8-17-11-3-1-2-4-12(11)18/h5-6,8H,1-4,7H2. The molecule has 94 valence electrons. The van der Waals surface area contributed by atoms with E-state index in [0.29, 0.717) is 16.7 Å². The monoisotopic (exact) mass is 281 g/mol. The number of imidazole rings is 1. The first-order valence-corrected chi connectivity index (χ1v) is 6.82. The van der Waals surface area contributed by atoms with Crippen molar-refractivity contribution in [3.05, 3.63) is 45.7 Å². The molecule has 0 aromatic carbocycles. The zero-order chi connectivity index (χ0) is 12.5. The van der Waals surface area contributed by atoms with Gasteiger partial charge in [-0.05, 0) is 31.7 Å². The van der Waals surface area contributed by atoms with Crippen molar-refractivity contribution < 1.29 is 0 Å². The summed E-state index contributed by atoms with van der Waals surface area (Å²) in [6.07, 6.45) is 8.32. The van der Waals surface area contributed by atoms with Crippen molar-refractivity contribution in [2.45, 2.75) is 32.2 Å². The number of hydrogen-bond donors (Lipinski definition) is 0. The fourth-order valence-electron chi connectivity index (χ4n) is 2.40. The summed E-state index contributed by atoms with van der Waals surface area (Å²) in [4.78, 5) is 8.55. The lowest BCUT2D eigenvalue weighted by Gasteiger charge is -2.14. The van der Waals surface area contributed by atoms with Gasteiger partial charge in [0, 0.05) is 17.5 Å². The van der Waals surface area contributed by atoms with E-state index in [9.17, 15) is 0 Å². The van der Waals surface area contributed by atoms with Crippen LogP contribution in [0.4, 0.5) is 0 Å². The molecule has 1 aliphatic carbocycles. The van der Waals surface area contributed by atoms with Gasteiger partial charge in [0.05, 0.1) is 23.6 Å². The van der Waals surface area contributed by atoms with Crippen molar-refractivity contribution >= 4 is 23.2 Å². The lowest BCUT2D eigenvalue weighted by Crippen LogP contribution is -2.09. The van der Waals surface area contributed by atoms with E-state index < -0.39 is 0 Å². The van der Waals surface area contributed by atoms with Crippen LogP contribution in [0.5, 0.6) is 0 Å². The van der Waals surface area contributed by atoms with E-state index in [1.807, 2.05) is 6.33 Å². The van der Waals surface area contributed by atoms with E-state index in [4.69, 9.17) is 23.2 Å². The molecule has 5 heteroatoms. The predicted molar refractivity (Wildman–Crippen MR) is 72.2 cm³/mol. The summed E-state index contributed by atoms with van der Waals surface area (Å²) in [6.45, 7) is 0.714. The number of nitrogens with zero attached hydrogens (tertiary/aromatic N) is 3. The molecular formula is C13H13Cl2N3. The van der Waals surface area contributed by atoms with Gasteiger partial charge < -0.3 is 4.57 Å². The highest BCUT2D eigenvalue weighted by atomic mass is 35.5. The van der Waals surface area contributed by atoms with Gasteiger partial charge in [0.15, 0.2) is 0 Å². The highest BCUT2D eigenvalue weighted by Crippen LogP contribution is 2.23. The van der Waals surface area contributed by atoms with Crippen LogP contribution in [0, 0.1) is 0 Å². The summed E-state index contributed by atoms with van der Waals surface area (Å²) in [5.74, 6) is 0. The van der Waals surface area contributed by atoms with Gasteiger partial charge in [-0.3, -0.25) is 0 Å². The first-order chi connectivity index (χ1) is 8.74. The summed E-state index contributed by atoms with van der Waals surface area (Å²) in [6, 6.07) is 1.68. The second kappa shape index (κ2) is 4.90. The molecule has 2 aromatic rings. The Kier molecular flexibility index (Phi) is 3.27. The minimum atomic E-state index is 0.427. The van der Waals surface area contributed by atoms with Crippen LogP contribution in [0.15, 0.2) is 18.6 Å². The van der Waals surface area contributed by atoms with Crippen molar-refractivity contribution in [3.8, 4) is 0 Å².